The Labute approximate surface area is 116 Å². The zero-order chi connectivity index (χ0) is 14.3. The average Bonchev–Trinajstić information content (AvgIpc) is 2.38. The molecule has 0 aromatic heterocycles. The fourth-order valence-electron chi connectivity index (χ4n) is 2.44. The Kier molecular flexibility index (Phi) is 6.58. The first-order chi connectivity index (χ1) is 8.95. The predicted octanol–water partition coefficient (Wildman–Crippen LogP) is 2.04. The summed E-state index contributed by atoms with van der Waals surface area (Å²) in [4.78, 5) is 2.32. The third-order valence-corrected chi connectivity index (χ3v) is 3.93. The number of nitrogens with zero attached hydrogens (tertiary/aromatic N) is 2. The van der Waals surface area contributed by atoms with Crippen molar-refractivity contribution in [2.75, 3.05) is 26.7 Å². The van der Waals surface area contributed by atoms with Gasteiger partial charge in [0.15, 0.2) is 0 Å². The Balaban J connectivity index is 2.21. The molecule has 1 aliphatic rings. The van der Waals surface area contributed by atoms with Crippen LogP contribution in [0.25, 0.3) is 0 Å². The summed E-state index contributed by atoms with van der Waals surface area (Å²) in [7, 11) is 2.13. The second-order valence-corrected chi connectivity index (χ2v) is 6.22. The summed E-state index contributed by atoms with van der Waals surface area (Å²) in [6.07, 6.45) is 6.02. The van der Waals surface area contributed by atoms with Crippen molar-refractivity contribution >= 4 is 5.84 Å². The topological polar surface area (TPSA) is 71.1 Å². The van der Waals surface area contributed by atoms with E-state index in [0.717, 1.165) is 32.5 Å². The average molecular weight is 271 g/mol. The van der Waals surface area contributed by atoms with Gasteiger partial charge in [-0.05, 0) is 45.7 Å². The highest BCUT2D eigenvalue weighted by atomic mass is 16.5. The quantitative estimate of drug-likeness (QED) is 0.322. The van der Waals surface area contributed by atoms with Crippen LogP contribution in [0.1, 0.15) is 46.0 Å². The Hall–Kier alpha value is -0.810. The van der Waals surface area contributed by atoms with E-state index in [9.17, 15) is 0 Å². The number of likely N-dealkylation sites (N-methyl/N-ethyl adjacent to an activating group) is 1. The molecule has 1 atom stereocenters. The van der Waals surface area contributed by atoms with Gasteiger partial charge in [-0.15, -0.1) is 0 Å². The molecule has 19 heavy (non-hydrogen) atoms. The van der Waals surface area contributed by atoms with Crippen LogP contribution in [-0.4, -0.2) is 48.8 Å². The van der Waals surface area contributed by atoms with Crippen LogP contribution in [0.3, 0.4) is 0 Å². The van der Waals surface area contributed by atoms with Crippen molar-refractivity contribution in [3.05, 3.63) is 0 Å². The van der Waals surface area contributed by atoms with Crippen molar-refractivity contribution in [1.29, 1.82) is 0 Å². The van der Waals surface area contributed by atoms with Crippen molar-refractivity contribution in [1.82, 2.24) is 4.90 Å². The Morgan fingerprint density at radius 3 is 2.79 bits per heavy atom. The summed E-state index contributed by atoms with van der Waals surface area (Å²) in [6, 6.07) is 0. The summed E-state index contributed by atoms with van der Waals surface area (Å²) in [5.74, 6) is 0.311. The van der Waals surface area contributed by atoms with Gasteiger partial charge in [0, 0.05) is 18.6 Å². The van der Waals surface area contributed by atoms with Gasteiger partial charge in [0.05, 0.1) is 6.10 Å². The summed E-state index contributed by atoms with van der Waals surface area (Å²) < 4.78 is 5.74. The molecule has 0 bridgehead atoms. The SMILES string of the molecule is CN(CCCC(C)(C)C(N)=NO)CC1CCCCO1. The molecule has 5 heteroatoms. The summed E-state index contributed by atoms with van der Waals surface area (Å²) in [6.45, 7) is 6.94. The zero-order valence-corrected chi connectivity index (χ0v) is 12.6. The van der Waals surface area contributed by atoms with E-state index < -0.39 is 0 Å². The van der Waals surface area contributed by atoms with E-state index in [-0.39, 0.29) is 5.41 Å². The predicted molar refractivity (Wildman–Crippen MR) is 77.5 cm³/mol. The monoisotopic (exact) mass is 271 g/mol. The maximum absolute atomic E-state index is 8.73. The molecular weight excluding hydrogens is 242 g/mol. The van der Waals surface area contributed by atoms with Gasteiger partial charge in [-0.1, -0.05) is 19.0 Å². The van der Waals surface area contributed by atoms with Crippen LogP contribution in [0, 0.1) is 5.41 Å². The van der Waals surface area contributed by atoms with Gasteiger partial charge in [0.2, 0.25) is 0 Å². The van der Waals surface area contributed by atoms with Crippen LogP contribution >= 0.6 is 0 Å². The van der Waals surface area contributed by atoms with Gasteiger partial charge in [-0.25, -0.2) is 0 Å². The van der Waals surface area contributed by atoms with E-state index in [4.69, 9.17) is 15.7 Å². The maximum Gasteiger partial charge on any atom is 0.144 e. The van der Waals surface area contributed by atoms with Gasteiger partial charge in [-0.2, -0.15) is 0 Å². The molecule has 1 aliphatic heterocycles. The smallest absolute Gasteiger partial charge is 0.144 e. The number of hydrogen-bond acceptors (Lipinski definition) is 4. The second kappa shape index (κ2) is 7.70. The standard InChI is InChI=1S/C14H29N3O2/c1-14(2,13(15)16-18)8-6-9-17(3)11-12-7-4-5-10-19-12/h12,18H,4-11H2,1-3H3,(H2,15,16). The highest BCUT2D eigenvalue weighted by molar-refractivity contribution is 5.85. The number of oxime groups is 1. The first-order valence-corrected chi connectivity index (χ1v) is 7.24. The lowest BCUT2D eigenvalue weighted by Gasteiger charge is -2.28. The maximum atomic E-state index is 8.73. The van der Waals surface area contributed by atoms with Crippen molar-refractivity contribution < 1.29 is 9.94 Å². The molecule has 3 N–H and O–H groups in total. The molecule has 112 valence electrons. The van der Waals surface area contributed by atoms with Crippen LogP contribution in [-0.2, 0) is 4.74 Å². The molecule has 0 spiro atoms. The lowest BCUT2D eigenvalue weighted by molar-refractivity contribution is -0.00176. The van der Waals surface area contributed by atoms with E-state index in [1.54, 1.807) is 0 Å². The highest BCUT2D eigenvalue weighted by Crippen LogP contribution is 2.22. The molecule has 0 aromatic carbocycles. The molecular formula is C14H29N3O2. The largest absolute Gasteiger partial charge is 0.409 e. The van der Waals surface area contributed by atoms with Gasteiger partial charge in [-0.3, -0.25) is 0 Å². The summed E-state index contributed by atoms with van der Waals surface area (Å²) in [5, 5.41) is 11.8. The minimum absolute atomic E-state index is 0.239. The molecule has 5 nitrogen and oxygen atoms in total. The molecule has 0 aromatic rings. The number of rotatable bonds is 7. The number of amidine groups is 1. The van der Waals surface area contributed by atoms with Crippen LogP contribution in [0.2, 0.25) is 0 Å². The van der Waals surface area contributed by atoms with Crippen LogP contribution < -0.4 is 5.73 Å². The third kappa shape index (κ3) is 5.78. The molecule has 0 aliphatic carbocycles. The Morgan fingerprint density at radius 1 is 1.47 bits per heavy atom. The molecule has 1 fully saturated rings. The Bertz CT molecular complexity index is 286. The minimum atomic E-state index is -0.239. The van der Waals surface area contributed by atoms with E-state index in [0.29, 0.717) is 11.9 Å². The number of hydrogen-bond donors (Lipinski definition) is 2. The van der Waals surface area contributed by atoms with Crippen molar-refractivity contribution in [2.45, 2.75) is 52.1 Å². The first-order valence-electron chi connectivity index (χ1n) is 7.24. The third-order valence-electron chi connectivity index (χ3n) is 3.93. The molecule has 0 radical (unpaired) electrons. The number of nitrogens with two attached hydrogens (primary N) is 1. The first kappa shape index (κ1) is 16.2. The van der Waals surface area contributed by atoms with Crippen molar-refractivity contribution in [3.8, 4) is 0 Å². The van der Waals surface area contributed by atoms with Crippen LogP contribution in [0.5, 0.6) is 0 Å². The van der Waals surface area contributed by atoms with Crippen LogP contribution in [0.15, 0.2) is 5.16 Å². The fourth-order valence-corrected chi connectivity index (χ4v) is 2.44. The molecule has 0 saturated carbocycles. The minimum Gasteiger partial charge on any atom is -0.409 e. The van der Waals surface area contributed by atoms with E-state index in [1.807, 2.05) is 13.8 Å². The molecule has 1 heterocycles. The second-order valence-electron chi connectivity index (χ2n) is 6.22. The summed E-state index contributed by atoms with van der Waals surface area (Å²) >= 11 is 0. The molecule has 1 saturated heterocycles. The molecule has 1 unspecified atom stereocenters. The summed E-state index contributed by atoms with van der Waals surface area (Å²) in [5.41, 5.74) is 5.44. The van der Waals surface area contributed by atoms with E-state index >= 15 is 0 Å². The van der Waals surface area contributed by atoms with E-state index in [2.05, 4.69) is 17.1 Å². The van der Waals surface area contributed by atoms with Crippen LogP contribution in [0.4, 0.5) is 0 Å². The van der Waals surface area contributed by atoms with Gasteiger partial charge in [0.25, 0.3) is 0 Å². The fraction of sp³-hybridized carbons (Fsp3) is 0.929. The van der Waals surface area contributed by atoms with E-state index in [1.165, 1.54) is 19.3 Å². The lowest BCUT2D eigenvalue weighted by atomic mass is 9.86. The van der Waals surface area contributed by atoms with Gasteiger partial charge >= 0.3 is 0 Å². The Morgan fingerprint density at radius 2 is 2.21 bits per heavy atom. The lowest BCUT2D eigenvalue weighted by Crippen LogP contribution is -2.35. The normalized spacial score (nSPS) is 21.9. The van der Waals surface area contributed by atoms with Crippen molar-refractivity contribution in [2.24, 2.45) is 16.3 Å². The van der Waals surface area contributed by atoms with Crippen molar-refractivity contribution in [3.63, 3.8) is 0 Å². The highest BCUT2D eigenvalue weighted by Gasteiger charge is 2.23. The van der Waals surface area contributed by atoms with Gasteiger partial charge in [0.1, 0.15) is 5.84 Å². The zero-order valence-electron chi connectivity index (χ0n) is 12.6. The van der Waals surface area contributed by atoms with Gasteiger partial charge < -0.3 is 20.6 Å². The molecule has 1 rings (SSSR count). The number of ether oxygens (including phenoxy) is 1. The molecule has 0 amide bonds.